The molecule has 3 rings (SSSR count). The van der Waals surface area contributed by atoms with E-state index in [1.54, 1.807) is 11.3 Å². The highest BCUT2D eigenvalue weighted by Crippen LogP contribution is 2.20. The minimum atomic E-state index is 0.470. The Bertz CT molecular complexity index is 746. The average Bonchev–Trinajstić information content (AvgIpc) is 2.94. The Morgan fingerprint density at radius 1 is 1.12 bits per heavy atom. The van der Waals surface area contributed by atoms with Crippen molar-refractivity contribution in [1.82, 2.24) is 4.68 Å². The number of aromatic nitrogens is 1. The summed E-state index contributed by atoms with van der Waals surface area (Å²) in [6, 6.07) is 8.88. The molecule has 5 heteroatoms. The molecule has 1 aromatic heterocycles. The maximum absolute atomic E-state index is 4.95. The molecule has 24 heavy (non-hydrogen) atoms. The highest BCUT2D eigenvalue weighted by molar-refractivity contribution is 7.07. The molecule has 0 bridgehead atoms. The smallest absolute Gasteiger partial charge is 0.206 e. The van der Waals surface area contributed by atoms with Crippen LogP contribution in [0, 0.1) is 6.92 Å². The summed E-state index contributed by atoms with van der Waals surface area (Å²) in [5.41, 5.74) is 3.43. The monoisotopic (exact) mass is 342 g/mol. The molecule has 0 radical (unpaired) electrons. The highest BCUT2D eigenvalue weighted by Gasteiger charge is 2.12. The average molecular weight is 343 g/mol. The predicted octanol–water partition coefficient (Wildman–Crippen LogP) is 4.04. The van der Waals surface area contributed by atoms with Crippen LogP contribution in [0.3, 0.4) is 0 Å². The summed E-state index contributed by atoms with van der Waals surface area (Å²) in [6.07, 6.45) is 8.31. The first-order valence-electron chi connectivity index (χ1n) is 8.66. The fourth-order valence-corrected chi connectivity index (χ4v) is 3.84. The first kappa shape index (κ1) is 17.0. The van der Waals surface area contributed by atoms with Crippen molar-refractivity contribution in [3.63, 3.8) is 0 Å². The Kier molecular flexibility index (Phi) is 5.51. The molecule has 0 saturated heterocycles. The Labute approximate surface area is 148 Å². The van der Waals surface area contributed by atoms with Crippen molar-refractivity contribution >= 4 is 23.2 Å². The second kappa shape index (κ2) is 7.79. The van der Waals surface area contributed by atoms with E-state index in [1.807, 2.05) is 25.0 Å². The molecule has 1 fully saturated rings. The zero-order valence-electron chi connectivity index (χ0n) is 14.8. The third kappa shape index (κ3) is 4.15. The number of hydrogen-bond donors (Lipinski definition) is 0. The quantitative estimate of drug-likeness (QED) is 0.772. The summed E-state index contributed by atoms with van der Waals surface area (Å²) in [5.74, 6) is 0. The molecule has 1 aliphatic carbocycles. The van der Waals surface area contributed by atoms with E-state index in [0.29, 0.717) is 6.04 Å². The minimum Gasteiger partial charge on any atom is -0.378 e. The molecule has 1 aliphatic rings. The van der Waals surface area contributed by atoms with Crippen molar-refractivity contribution in [3.05, 3.63) is 45.7 Å². The number of anilines is 1. The summed E-state index contributed by atoms with van der Waals surface area (Å²) in [5, 5.41) is 6.80. The molecule has 0 N–H and O–H groups in total. The Morgan fingerprint density at radius 2 is 1.83 bits per heavy atom. The van der Waals surface area contributed by atoms with E-state index in [-0.39, 0.29) is 0 Å². The van der Waals surface area contributed by atoms with Crippen LogP contribution in [0.1, 0.15) is 43.4 Å². The van der Waals surface area contributed by atoms with Crippen LogP contribution in [-0.2, 0) is 0 Å². The molecule has 1 saturated carbocycles. The molecule has 2 aromatic rings. The van der Waals surface area contributed by atoms with Gasteiger partial charge in [-0.2, -0.15) is 5.10 Å². The van der Waals surface area contributed by atoms with Crippen LogP contribution >= 0.6 is 11.3 Å². The Morgan fingerprint density at radius 3 is 2.50 bits per heavy atom. The van der Waals surface area contributed by atoms with Crippen molar-refractivity contribution in [3.8, 4) is 0 Å². The summed E-state index contributed by atoms with van der Waals surface area (Å²) < 4.78 is 1.97. The number of hydrogen-bond acceptors (Lipinski definition) is 4. The van der Waals surface area contributed by atoms with Crippen LogP contribution < -0.4 is 9.70 Å². The maximum Gasteiger partial charge on any atom is 0.206 e. The van der Waals surface area contributed by atoms with Crippen molar-refractivity contribution in [1.29, 1.82) is 0 Å². The molecule has 128 valence electrons. The summed E-state index contributed by atoms with van der Waals surface area (Å²) >= 11 is 1.69. The molecule has 0 spiro atoms. The van der Waals surface area contributed by atoms with Crippen molar-refractivity contribution in [2.24, 2.45) is 10.1 Å². The van der Waals surface area contributed by atoms with Gasteiger partial charge in [-0.15, -0.1) is 11.3 Å². The van der Waals surface area contributed by atoms with Crippen LogP contribution in [-0.4, -0.2) is 31.0 Å². The number of rotatable bonds is 4. The molecule has 1 aromatic carbocycles. The molecule has 0 aliphatic heterocycles. The van der Waals surface area contributed by atoms with E-state index in [2.05, 4.69) is 46.6 Å². The van der Waals surface area contributed by atoms with Gasteiger partial charge in [-0.1, -0.05) is 31.4 Å². The fraction of sp³-hybridized carbons (Fsp3) is 0.474. The van der Waals surface area contributed by atoms with Gasteiger partial charge in [-0.3, -0.25) is 4.99 Å². The number of nitrogens with zero attached hydrogens (tertiary/aromatic N) is 4. The van der Waals surface area contributed by atoms with Crippen LogP contribution in [0.2, 0.25) is 0 Å². The minimum absolute atomic E-state index is 0.470. The summed E-state index contributed by atoms with van der Waals surface area (Å²) in [4.78, 5) is 8.06. The van der Waals surface area contributed by atoms with Gasteiger partial charge >= 0.3 is 0 Å². The van der Waals surface area contributed by atoms with E-state index in [1.165, 1.54) is 37.8 Å². The topological polar surface area (TPSA) is 32.9 Å². The van der Waals surface area contributed by atoms with E-state index in [0.717, 1.165) is 16.1 Å². The highest BCUT2D eigenvalue weighted by atomic mass is 32.1. The predicted molar refractivity (Wildman–Crippen MR) is 103 cm³/mol. The Balaban J connectivity index is 1.81. The number of benzene rings is 1. The van der Waals surface area contributed by atoms with Crippen LogP contribution in [0.15, 0.2) is 39.7 Å². The molecule has 0 atom stereocenters. The van der Waals surface area contributed by atoms with Gasteiger partial charge in [0.2, 0.25) is 4.80 Å². The van der Waals surface area contributed by atoms with Gasteiger partial charge in [0, 0.05) is 25.2 Å². The standard InChI is InChI=1S/C19H26N4S/c1-15-14-24-19(21-17-7-5-4-6-8-17)23(15)20-13-16-9-11-18(12-10-16)22(2)3/h9-14,17H,4-8H2,1-3H3. The van der Waals surface area contributed by atoms with Crippen LogP contribution in [0.4, 0.5) is 5.69 Å². The van der Waals surface area contributed by atoms with Gasteiger partial charge < -0.3 is 4.90 Å². The molecule has 1 heterocycles. The van der Waals surface area contributed by atoms with Gasteiger partial charge in [0.1, 0.15) is 0 Å². The fourth-order valence-electron chi connectivity index (χ4n) is 2.96. The van der Waals surface area contributed by atoms with Crippen molar-refractivity contribution in [2.45, 2.75) is 45.1 Å². The SMILES string of the molecule is Cc1csc(=NC2CCCCC2)n1N=Cc1ccc(N(C)C)cc1. The van der Waals surface area contributed by atoms with Gasteiger partial charge in [0.15, 0.2) is 0 Å². The first-order valence-corrected chi connectivity index (χ1v) is 9.54. The second-order valence-electron chi connectivity index (χ2n) is 6.62. The number of aryl methyl sites for hydroxylation is 1. The van der Waals surface area contributed by atoms with Crippen LogP contribution in [0.25, 0.3) is 0 Å². The first-order chi connectivity index (χ1) is 11.6. The maximum atomic E-state index is 4.95. The third-order valence-corrected chi connectivity index (χ3v) is 5.40. The van der Waals surface area contributed by atoms with Crippen LogP contribution in [0.5, 0.6) is 0 Å². The van der Waals surface area contributed by atoms with E-state index in [9.17, 15) is 0 Å². The lowest BCUT2D eigenvalue weighted by Gasteiger charge is -2.16. The molecule has 4 nitrogen and oxygen atoms in total. The molecular weight excluding hydrogens is 316 g/mol. The van der Waals surface area contributed by atoms with Gasteiger partial charge in [-0.25, -0.2) is 4.68 Å². The van der Waals surface area contributed by atoms with E-state index in [4.69, 9.17) is 4.99 Å². The third-order valence-electron chi connectivity index (χ3n) is 4.45. The summed E-state index contributed by atoms with van der Waals surface area (Å²) in [7, 11) is 4.10. The van der Waals surface area contributed by atoms with E-state index < -0.39 is 0 Å². The lowest BCUT2D eigenvalue weighted by Crippen LogP contribution is -2.19. The van der Waals surface area contributed by atoms with Gasteiger partial charge in [-0.05, 0) is 37.5 Å². The molecule has 0 unspecified atom stereocenters. The zero-order valence-corrected chi connectivity index (χ0v) is 15.6. The zero-order chi connectivity index (χ0) is 16.9. The van der Waals surface area contributed by atoms with Crippen molar-refractivity contribution < 1.29 is 0 Å². The van der Waals surface area contributed by atoms with Gasteiger partial charge in [0.25, 0.3) is 0 Å². The lowest BCUT2D eigenvalue weighted by atomic mass is 9.96. The van der Waals surface area contributed by atoms with E-state index >= 15 is 0 Å². The second-order valence-corrected chi connectivity index (χ2v) is 7.46. The van der Waals surface area contributed by atoms with Crippen molar-refractivity contribution in [2.75, 3.05) is 19.0 Å². The number of thiazole rings is 1. The van der Waals surface area contributed by atoms with Gasteiger partial charge in [0.05, 0.1) is 18.0 Å². The largest absolute Gasteiger partial charge is 0.378 e. The molecule has 0 amide bonds. The Hall–Kier alpha value is -1.88. The normalized spacial score (nSPS) is 16.9. The summed E-state index contributed by atoms with van der Waals surface area (Å²) in [6.45, 7) is 2.09. The molecular formula is C19H26N4S. The lowest BCUT2D eigenvalue weighted by molar-refractivity contribution is 0.435.